The van der Waals surface area contributed by atoms with Crippen LogP contribution in [-0.2, 0) is 0 Å². The zero-order valence-electron chi connectivity index (χ0n) is 8.41. The van der Waals surface area contributed by atoms with Crippen LogP contribution in [0, 0.1) is 11.3 Å². The molecule has 0 atom stereocenters. The Bertz CT molecular complexity index is 391. The molecule has 4 heteroatoms. The van der Waals surface area contributed by atoms with E-state index in [1.807, 2.05) is 0 Å². The van der Waals surface area contributed by atoms with Crippen LogP contribution in [0.1, 0.15) is 24.8 Å². The van der Waals surface area contributed by atoms with Crippen molar-refractivity contribution in [1.82, 2.24) is 4.98 Å². The number of rotatable bonds is 1. The molecule has 1 aromatic heterocycles. The molecule has 0 aliphatic carbocycles. The van der Waals surface area contributed by atoms with E-state index in [2.05, 4.69) is 16.0 Å². The number of halogens is 1. The summed E-state index contributed by atoms with van der Waals surface area (Å²) in [6.45, 7) is 1.98. The Morgan fingerprint density at radius 2 is 2.07 bits per heavy atom. The Kier molecular flexibility index (Phi) is 3.08. The first kappa shape index (κ1) is 10.3. The second-order valence-electron chi connectivity index (χ2n) is 3.68. The van der Waals surface area contributed by atoms with E-state index in [0.29, 0.717) is 10.6 Å². The molecule has 1 aromatic rings. The van der Waals surface area contributed by atoms with Crippen molar-refractivity contribution in [3.05, 3.63) is 22.8 Å². The van der Waals surface area contributed by atoms with Crippen molar-refractivity contribution >= 4 is 17.4 Å². The van der Waals surface area contributed by atoms with Gasteiger partial charge in [0.1, 0.15) is 11.9 Å². The molecule has 2 heterocycles. The number of nitriles is 1. The van der Waals surface area contributed by atoms with Crippen LogP contribution in [0.4, 0.5) is 5.82 Å². The van der Waals surface area contributed by atoms with E-state index in [0.717, 1.165) is 18.9 Å². The van der Waals surface area contributed by atoms with Gasteiger partial charge < -0.3 is 4.90 Å². The summed E-state index contributed by atoms with van der Waals surface area (Å²) in [6, 6.07) is 3.82. The van der Waals surface area contributed by atoms with Gasteiger partial charge in [-0.05, 0) is 25.3 Å². The van der Waals surface area contributed by atoms with E-state index in [1.54, 1.807) is 12.3 Å². The van der Waals surface area contributed by atoms with Crippen molar-refractivity contribution in [3.63, 3.8) is 0 Å². The number of piperidine rings is 1. The van der Waals surface area contributed by atoms with E-state index in [1.165, 1.54) is 19.3 Å². The molecule has 78 valence electrons. The lowest BCUT2D eigenvalue weighted by atomic mass is 10.1. The van der Waals surface area contributed by atoms with Crippen molar-refractivity contribution < 1.29 is 0 Å². The molecule has 0 amide bonds. The Hall–Kier alpha value is -1.27. The summed E-state index contributed by atoms with van der Waals surface area (Å²) in [4.78, 5) is 6.41. The summed E-state index contributed by atoms with van der Waals surface area (Å²) in [7, 11) is 0. The topological polar surface area (TPSA) is 39.9 Å². The maximum Gasteiger partial charge on any atom is 0.146 e. The van der Waals surface area contributed by atoms with Crippen molar-refractivity contribution in [2.45, 2.75) is 19.3 Å². The lowest BCUT2D eigenvalue weighted by Crippen LogP contribution is -2.30. The highest BCUT2D eigenvalue weighted by molar-refractivity contribution is 6.30. The molecule has 0 unspecified atom stereocenters. The third-order valence-electron chi connectivity index (χ3n) is 2.61. The van der Waals surface area contributed by atoms with Crippen LogP contribution in [0.25, 0.3) is 0 Å². The van der Waals surface area contributed by atoms with Crippen LogP contribution in [0.15, 0.2) is 12.3 Å². The molecular weight excluding hydrogens is 210 g/mol. The highest BCUT2D eigenvalue weighted by Gasteiger charge is 2.15. The third kappa shape index (κ3) is 2.21. The maximum atomic E-state index is 9.00. The molecule has 0 bridgehead atoms. The van der Waals surface area contributed by atoms with Gasteiger partial charge in [-0.15, -0.1) is 0 Å². The fourth-order valence-corrected chi connectivity index (χ4v) is 2.03. The molecule has 0 spiro atoms. The van der Waals surface area contributed by atoms with Crippen LogP contribution in [0.3, 0.4) is 0 Å². The lowest BCUT2D eigenvalue weighted by Gasteiger charge is -2.28. The summed E-state index contributed by atoms with van der Waals surface area (Å²) in [5.41, 5.74) is 0.574. The number of hydrogen-bond acceptors (Lipinski definition) is 3. The molecule has 0 N–H and O–H groups in total. The SMILES string of the molecule is N#Cc1cc(Cl)cnc1N1CCCCC1. The van der Waals surface area contributed by atoms with Crippen LogP contribution in [-0.4, -0.2) is 18.1 Å². The van der Waals surface area contributed by atoms with Gasteiger partial charge >= 0.3 is 0 Å². The van der Waals surface area contributed by atoms with Crippen molar-refractivity contribution in [1.29, 1.82) is 5.26 Å². The molecular formula is C11H12ClN3. The molecule has 0 saturated carbocycles. The Labute approximate surface area is 94.3 Å². The summed E-state index contributed by atoms with van der Waals surface area (Å²) in [6.07, 6.45) is 5.22. The molecule has 1 fully saturated rings. The van der Waals surface area contributed by atoms with E-state index in [-0.39, 0.29) is 0 Å². The Morgan fingerprint density at radius 1 is 1.33 bits per heavy atom. The van der Waals surface area contributed by atoms with Gasteiger partial charge in [0.05, 0.1) is 10.6 Å². The predicted octanol–water partition coefficient (Wildman–Crippen LogP) is 2.60. The standard InChI is InChI=1S/C11H12ClN3/c12-10-6-9(7-13)11(14-8-10)15-4-2-1-3-5-15/h6,8H,1-5H2. The minimum Gasteiger partial charge on any atom is -0.356 e. The van der Waals surface area contributed by atoms with Gasteiger partial charge in [0.15, 0.2) is 0 Å². The van der Waals surface area contributed by atoms with E-state index in [4.69, 9.17) is 16.9 Å². The van der Waals surface area contributed by atoms with Crippen LogP contribution >= 0.6 is 11.6 Å². The summed E-state index contributed by atoms with van der Waals surface area (Å²) in [5.74, 6) is 0.779. The van der Waals surface area contributed by atoms with Crippen molar-refractivity contribution in [2.24, 2.45) is 0 Å². The smallest absolute Gasteiger partial charge is 0.146 e. The largest absolute Gasteiger partial charge is 0.356 e. The van der Waals surface area contributed by atoms with E-state index in [9.17, 15) is 0 Å². The first-order valence-electron chi connectivity index (χ1n) is 5.12. The van der Waals surface area contributed by atoms with Crippen LogP contribution in [0.2, 0.25) is 5.02 Å². The average molecular weight is 222 g/mol. The first-order chi connectivity index (χ1) is 7.31. The van der Waals surface area contributed by atoms with Crippen molar-refractivity contribution in [2.75, 3.05) is 18.0 Å². The molecule has 1 aliphatic heterocycles. The molecule has 0 radical (unpaired) electrons. The molecule has 1 aliphatic rings. The minimum absolute atomic E-state index is 0.521. The normalized spacial score (nSPS) is 16.1. The summed E-state index contributed by atoms with van der Waals surface area (Å²) >= 11 is 5.80. The van der Waals surface area contributed by atoms with Gasteiger partial charge in [-0.1, -0.05) is 11.6 Å². The van der Waals surface area contributed by atoms with Gasteiger partial charge in [-0.25, -0.2) is 4.98 Å². The molecule has 3 nitrogen and oxygen atoms in total. The van der Waals surface area contributed by atoms with Crippen molar-refractivity contribution in [3.8, 4) is 6.07 Å². The van der Waals surface area contributed by atoms with E-state index >= 15 is 0 Å². The quantitative estimate of drug-likeness (QED) is 0.732. The highest BCUT2D eigenvalue weighted by Crippen LogP contribution is 2.23. The lowest BCUT2D eigenvalue weighted by molar-refractivity contribution is 0.573. The highest BCUT2D eigenvalue weighted by atomic mass is 35.5. The summed E-state index contributed by atoms with van der Waals surface area (Å²) < 4.78 is 0. The van der Waals surface area contributed by atoms with Gasteiger partial charge in [0.25, 0.3) is 0 Å². The summed E-state index contributed by atoms with van der Waals surface area (Å²) in [5, 5.41) is 9.52. The number of aromatic nitrogens is 1. The van der Waals surface area contributed by atoms with Crippen LogP contribution in [0.5, 0.6) is 0 Å². The van der Waals surface area contributed by atoms with Gasteiger partial charge in [-0.2, -0.15) is 5.26 Å². The number of pyridine rings is 1. The number of nitrogens with zero attached hydrogens (tertiary/aromatic N) is 3. The molecule has 2 rings (SSSR count). The third-order valence-corrected chi connectivity index (χ3v) is 2.82. The first-order valence-corrected chi connectivity index (χ1v) is 5.49. The number of hydrogen-bond donors (Lipinski definition) is 0. The van der Waals surface area contributed by atoms with Gasteiger partial charge in [-0.3, -0.25) is 0 Å². The monoisotopic (exact) mass is 221 g/mol. The number of anilines is 1. The van der Waals surface area contributed by atoms with E-state index < -0.39 is 0 Å². The predicted molar refractivity (Wildman–Crippen MR) is 60.0 cm³/mol. The zero-order valence-corrected chi connectivity index (χ0v) is 9.17. The maximum absolute atomic E-state index is 9.00. The van der Waals surface area contributed by atoms with Gasteiger partial charge in [0, 0.05) is 19.3 Å². The second-order valence-corrected chi connectivity index (χ2v) is 4.12. The Morgan fingerprint density at radius 3 is 2.73 bits per heavy atom. The fraction of sp³-hybridized carbons (Fsp3) is 0.455. The molecule has 15 heavy (non-hydrogen) atoms. The average Bonchev–Trinajstić information content (AvgIpc) is 2.30. The zero-order chi connectivity index (χ0) is 10.7. The van der Waals surface area contributed by atoms with Crippen LogP contribution < -0.4 is 4.90 Å². The molecule has 0 aromatic carbocycles. The second kappa shape index (κ2) is 4.50. The van der Waals surface area contributed by atoms with Gasteiger partial charge in [0.2, 0.25) is 0 Å². The minimum atomic E-state index is 0.521. The molecule has 1 saturated heterocycles. The fourth-order valence-electron chi connectivity index (χ4n) is 1.87. The Balaban J connectivity index is 2.30.